The van der Waals surface area contributed by atoms with Crippen molar-refractivity contribution in [3.05, 3.63) is 47.1 Å². The molecule has 1 unspecified atom stereocenters. The van der Waals surface area contributed by atoms with Gasteiger partial charge in [0, 0.05) is 48.5 Å². The zero-order chi connectivity index (χ0) is 17.2. The fourth-order valence-electron chi connectivity index (χ4n) is 2.97. The van der Waals surface area contributed by atoms with E-state index in [4.69, 9.17) is 4.98 Å². The van der Waals surface area contributed by atoms with Crippen molar-refractivity contribution in [1.29, 1.82) is 0 Å². The number of aromatic nitrogens is 5. The lowest BCUT2D eigenvalue weighted by atomic mass is 10.1. The Labute approximate surface area is 150 Å². The lowest BCUT2D eigenvalue weighted by molar-refractivity contribution is 0.704. The number of nitrogens with one attached hydrogen (secondary N) is 1. The Balaban J connectivity index is 1.52. The molecule has 1 saturated heterocycles. The molecule has 3 aromatic rings. The summed E-state index contributed by atoms with van der Waals surface area (Å²) in [5.41, 5.74) is 1.96. The van der Waals surface area contributed by atoms with E-state index in [2.05, 4.69) is 30.2 Å². The highest BCUT2D eigenvalue weighted by Gasteiger charge is 2.28. The van der Waals surface area contributed by atoms with Crippen molar-refractivity contribution in [2.45, 2.75) is 26.2 Å². The van der Waals surface area contributed by atoms with E-state index in [1.165, 1.54) is 0 Å². The smallest absolute Gasteiger partial charge is 0.225 e. The summed E-state index contributed by atoms with van der Waals surface area (Å²) < 4.78 is 0. The molecule has 0 bridgehead atoms. The lowest BCUT2D eigenvalue weighted by Crippen LogP contribution is -2.22. The van der Waals surface area contributed by atoms with E-state index in [1.807, 2.05) is 31.4 Å². The molecular weight excluding hydrogens is 334 g/mol. The van der Waals surface area contributed by atoms with Gasteiger partial charge in [0.1, 0.15) is 11.6 Å². The summed E-state index contributed by atoms with van der Waals surface area (Å²) in [5.74, 6) is 2.72. The highest BCUT2D eigenvalue weighted by molar-refractivity contribution is 7.13. The third-order valence-corrected chi connectivity index (χ3v) is 4.99. The molecule has 1 N–H and O–H groups in total. The average Bonchev–Trinajstić information content (AvgIpc) is 3.24. The summed E-state index contributed by atoms with van der Waals surface area (Å²) in [6.45, 7) is 5.73. The third kappa shape index (κ3) is 3.58. The number of nitrogens with zero attached hydrogens (tertiary/aromatic N) is 6. The molecule has 8 heteroatoms. The van der Waals surface area contributed by atoms with Gasteiger partial charge in [-0.15, -0.1) is 11.3 Å². The highest BCUT2D eigenvalue weighted by Crippen LogP contribution is 2.28. The maximum Gasteiger partial charge on any atom is 0.225 e. The van der Waals surface area contributed by atoms with Gasteiger partial charge in [-0.05, 0) is 26.3 Å². The quantitative estimate of drug-likeness (QED) is 0.772. The zero-order valence-electron chi connectivity index (χ0n) is 14.2. The van der Waals surface area contributed by atoms with Crippen molar-refractivity contribution in [2.75, 3.05) is 23.3 Å². The molecule has 128 valence electrons. The van der Waals surface area contributed by atoms with Crippen molar-refractivity contribution < 1.29 is 0 Å². The first-order valence-electron chi connectivity index (χ1n) is 8.24. The second-order valence-electron chi connectivity index (χ2n) is 6.15. The van der Waals surface area contributed by atoms with Crippen LogP contribution in [0.4, 0.5) is 16.9 Å². The number of hydrogen-bond acceptors (Lipinski definition) is 8. The number of aryl methyl sites for hydroxylation is 2. The summed E-state index contributed by atoms with van der Waals surface area (Å²) >= 11 is 1.58. The Morgan fingerprint density at radius 1 is 1.12 bits per heavy atom. The Morgan fingerprint density at radius 2 is 1.96 bits per heavy atom. The molecule has 1 aliphatic rings. The van der Waals surface area contributed by atoms with Gasteiger partial charge in [-0.1, -0.05) is 0 Å². The third-order valence-electron chi connectivity index (χ3n) is 4.11. The molecule has 3 aromatic heterocycles. The zero-order valence-corrected chi connectivity index (χ0v) is 15.0. The van der Waals surface area contributed by atoms with Crippen LogP contribution < -0.4 is 10.2 Å². The predicted octanol–water partition coefficient (Wildman–Crippen LogP) is 3.08. The molecule has 1 aliphatic heterocycles. The minimum absolute atomic E-state index is 0.280. The molecule has 4 heterocycles. The van der Waals surface area contributed by atoms with Crippen LogP contribution >= 0.6 is 11.3 Å². The summed E-state index contributed by atoms with van der Waals surface area (Å²) in [7, 11) is 0. The maximum atomic E-state index is 4.73. The van der Waals surface area contributed by atoms with E-state index in [0.29, 0.717) is 0 Å². The second kappa shape index (κ2) is 6.72. The minimum Gasteiger partial charge on any atom is -0.340 e. The van der Waals surface area contributed by atoms with Gasteiger partial charge in [0.05, 0.1) is 5.69 Å². The van der Waals surface area contributed by atoms with Gasteiger partial charge in [-0.2, -0.15) is 0 Å². The van der Waals surface area contributed by atoms with Crippen molar-refractivity contribution in [3.8, 4) is 0 Å². The van der Waals surface area contributed by atoms with Crippen molar-refractivity contribution in [1.82, 2.24) is 24.9 Å². The van der Waals surface area contributed by atoms with Gasteiger partial charge in [0.2, 0.25) is 5.95 Å². The molecule has 0 aliphatic carbocycles. The molecule has 0 amide bonds. The van der Waals surface area contributed by atoms with Gasteiger partial charge in [0.15, 0.2) is 5.13 Å². The molecule has 25 heavy (non-hydrogen) atoms. The Kier molecular flexibility index (Phi) is 4.27. The van der Waals surface area contributed by atoms with E-state index < -0.39 is 0 Å². The molecule has 7 nitrogen and oxygen atoms in total. The Bertz CT molecular complexity index is 864. The van der Waals surface area contributed by atoms with Gasteiger partial charge >= 0.3 is 0 Å². The van der Waals surface area contributed by atoms with Crippen LogP contribution in [0.5, 0.6) is 0 Å². The summed E-state index contributed by atoms with van der Waals surface area (Å²) in [6, 6.07) is 3.78. The molecule has 0 spiro atoms. The van der Waals surface area contributed by atoms with Crippen LogP contribution in [0.1, 0.15) is 29.6 Å². The number of hydrogen-bond donors (Lipinski definition) is 1. The molecule has 1 atom stereocenters. The van der Waals surface area contributed by atoms with E-state index in [9.17, 15) is 0 Å². The van der Waals surface area contributed by atoms with E-state index in [-0.39, 0.29) is 5.92 Å². The topological polar surface area (TPSA) is 79.7 Å². The van der Waals surface area contributed by atoms with Gasteiger partial charge in [-0.25, -0.2) is 24.9 Å². The van der Waals surface area contributed by atoms with Crippen molar-refractivity contribution in [3.63, 3.8) is 0 Å². The summed E-state index contributed by atoms with van der Waals surface area (Å²) in [4.78, 5) is 24.7. The first-order valence-corrected chi connectivity index (χ1v) is 9.12. The highest BCUT2D eigenvalue weighted by atomic mass is 32.1. The molecule has 0 radical (unpaired) electrons. The monoisotopic (exact) mass is 353 g/mol. The number of thiazole rings is 1. The average molecular weight is 353 g/mol. The SMILES string of the molecule is Cc1cc(Nc2nc(C)cs2)nc(C2CCN(c3ncccn3)C2)n1. The first kappa shape index (κ1) is 15.9. The number of anilines is 3. The summed E-state index contributed by atoms with van der Waals surface area (Å²) in [6.07, 6.45) is 4.55. The molecule has 0 aromatic carbocycles. The predicted molar refractivity (Wildman–Crippen MR) is 98.5 cm³/mol. The second-order valence-corrected chi connectivity index (χ2v) is 7.01. The van der Waals surface area contributed by atoms with E-state index >= 15 is 0 Å². The van der Waals surface area contributed by atoms with Gasteiger partial charge < -0.3 is 10.2 Å². The molecule has 0 saturated carbocycles. The van der Waals surface area contributed by atoms with E-state index in [0.717, 1.165) is 53.6 Å². The Hall–Kier alpha value is -2.61. The standard InChI is InChI=1S/C17H19N7S/c1-11-8-14(23-17-21-12(2)10-25-17)22-15(20-11)13-4-7-24(9-13)16-18-5-3-6-19-16/h3,5-6,8,10,13H,4,7,9H2,1-2H3,(H,20,21,22,23). The summed E-state index contributed by atoms with van der Waals surface area (Å²) in [5, 5.41) is 6.16. The fraction of sp³-hybridized carbons (Fsp3) is 0.353. The first-order chi connectivity index (χ1) is 12.2. The van der Waals surface area contributed by atoms with Crippen molar-refractivity contribution >= 4 is 28.2 Å². The fourth-order valence-corrected chi connectivity index (χ4v) is 3.66. The van der Waals surface area contributed by atoms with Crippen LogP contribution in [-0.4, -0.2) is 38.0 Å². The van der Waals surface area contributed by atoms with Crippen LogP contribution in [0.15, 0.2) is 29.9 Å². The molecular formula is C17H19N7S. The largest absolute Gasteiger partial charge is 0.340 e. The molecule has 1 fully saturated rings. The van der Waals surface area contributed by atoms with Crippen LogP contribution in [-0.2, 0) is 0 Å². The van der Waals surface area contributed by atoms with Crippen LogP contribution in [0.2, 0.25) is 0 Å². The van der Waals surface area contributed by atoms with Crippen LogP contribution in [0.3, 0.4) is 0 Å². The number of rotatable bonds is 4. The van der Waals surface area contributed by atoms with Gasteiger partial charge in [-0.3, -0.25) is 0 Å². The Morgan fingerprint density at radius 3 is 2.72 bits per heavy atom. The normalized spacial score (nSPS) is 17.0. The minimum atomic E-state index is 0.280. The van der Waals surface area contributed by atoms with Crippen LogP contribution in [0, 0.1) is 13.8 Å². The van der Waals surface area contributed by atoms with Crippen LogP contribution in [0.25, 0.3) is 0 Å². The maximum absolute atomic E-state index is 4.73. The lowest BCUT2D eigenvalue weighted by Gasteiger charge is -2.15. The van der Waals surface area contributed by atoms with Gasteiger partial charge in [0.25, 0.3) is 0 Å². The van der Waals surface area contributed by atoms with Crippen molar-refractivity contribution in [2.24, 2.45) is 0 Å². The van der Waals surface area contributed by atoms with E-state index in [1.54, 1.807) is 23.7 Å². The molecule has 4 rings (SSSR count).